The van der Waals surface area contributed by atoms with E-state index in [1.807, 2.05) is 0 Å². The highest BCUT2D eigenvalue weighted by atomic mass is 31.2. The Morgan fingerprint density at radius 2 is 0.944 bits per heavy atom. The molecule has 2 rings (SSSR count). The first kappa shape index (κ1) is 85.0. The predicted octanol–water partition coefficient (Wildman–Crippen LogP) is 10.7. The molecule has 1 amide bonds. The first-order valence-corrected chi connectivity index (χ1v) is 37.5. The summed E-state index contributed by atoms with van der Waals surface area (Å²) in [7, 11) is -7.12. The van der Waals surface area contributed by atoms with Crippen molar-refractivity contribution in [2.45, 2.75) is 281 Å². The molecule has 2 fully saturated rings. The molecule has 2 aliphatic heterocycles. The summed E-state index contributed by atoms with van der Waals surface area (Å²) in [5, 5.41) is 15.3. The number of ether oxygens (including phenoxy) is 13. The van der Waals surface area contributed by atoms with Gasteiger partial charge in [0.25, 0.3) is 0 Å². The average Bonchev–Trinajstić information content (AvgIpc) is 0.859. The van der Waals surface area contributed by atoms with Gasteiger partial charge in [0, 0.05) is 40.5 Å². The SMILES string of the molecule is CCCCCC/C=C\CCCCCCCCCC(=O)N[C@H]1[C@H](OC[C@H]2O[C@H](OCCOP(=O)(O)O)[C@H](OCCOCCOCCCCCC)[C@@H](OCCOCCOCCCCCC)[C@@H]2O)O[C@H](COC)[C@@H](OP(=O)(O)O)[C@@H]1OCC[C@@H](CCCCCCC)OC. The lowest BCUT2D eigenvalue weighted by Gasteiger charge is -2.47. The van der Waals surface area contributed by atoms with Crippen LogP contribution < -0.4 is 5.32 Å². The van der Waals surface area contributed by atoms with Gasteiger partial charge in [-0.15, -0.1) is 0 Å². The summed E-state index contributed by atoms with van der Waals surface area (Å²) in [5.74, 6) is -0.387. The molecule has 0 unspecified atom stereocenters. The number of nitrogens with one attached hydrogen (secondary N) is 1. The van der Waals surface area contributed by atoms with Gasteiger partial charge in [0.2, 0.25) is 5.91 Å². The fourth-order valence-electron chi connectivity index (χ4n) is 10.7. The van der Waals surface area contributed by atoms with Crippen LogP contribution in [0.4, 0.5) is 0 Å². The molecule has 0 saturated carbocycles. The molecule has 11 atom stereocenters. The molecule has 2 heterocycles. The maximum absolute atomic E-state index is 14.2. The number of methoxy groups -OCH3 is 2. The average molecular weight is 1340 g/mol. The predicted molar refractivity (Wildman–Crippen MR) is 343 cm³/mol. The van der Waals surface area contributed by atoms with Crippen molar-refractivity contribution in [2.24, 2.45) is 0 Å². The quantitative estimate of drug-likeness (QED) is 0.0187. The van der Waals surface area contributed by atoms with Crippen LogP contribution in [0, 0.1) is 0 Å². The minimum atomic E-state index is -5.24. The van der Waals surface area contributed by atoms with Crippen LogP contribution in [-0.2, 0) is 84.6 Å². The van der Waals surface area contributed by atoms with Gasteiger partial charge >= 0.3 is 15.6 Å². The number of allylic oxidation sites excluding steroid dienone is 2. The van der Waals surface area contributed by atoms with Crippen LogP contribution in [0.5, 0.6) is 0 Å². The van der Waals surface area contributed by atoms with Crippen LogP contribution >= 0.6 is 15.6 Å². The number of unbranched alkanes of at least 4 members (excludes halogenated alkanes) is 21. The Kier molecular flexibility index (Phi) is 52.8. The number of aliphatic hydroxyl groups excluding tert-OH is 1. The largest absolute Gasteiger partial charge is 0.470 e. The highest BCUT2D eigenvalue weighted by molar-refractivity contribution is 7.46. The van der Waals surface area contributed by atoms with Gasteiger partial charge in [0.15, 0.2) is 12.6 Å². The Morgan fingerprint density at radius 3 is 1.50 bits per heavy atom. The van der Waals surface area contributed by atoms with Crippen molar-refractivity contribution in [3.05, 3.63) is 12.2 Å². The lowest BCUT2D eigenvalue weighted by molar-refractivity contribution is -0.332. The number of amides is 1. The molecule has 0 aromatic rings. The van der Waals surface area contributed by atoms with Crippen molar-refractivity contribution in [1.82, 2.24) is 5.32 Å². The van der Waals surface area contributed by atoms with Crippen molar-refractivity contribution in [1.29, 1.82) is 0 Å². The van der Waals surface area contributed by atoms with Crippen LogP contribution in [-0.4, -0.2) is 211 Å². The van der Waals surface area contributed by atoms with Crippen molar-refractivity contribution >= 4 is 21.6 Å². The lowest BCUT2D eigenvalue weighted by atomic mass is 9.95. The molecule has 0 aromatic carbocycles. The normalized spacial score (nSPS) is 22.9. The summed E-state index contributed by atoms with van der Waals surface area (Å²) in [6, 6.07) is -1.26. The number of phosphoric acid groups is 2. The highest BCUT2D eigenvalue weighted by Crippen LogP contribution is 2.43. The molecule has 90 heavy (non-hydrogen) atoms. The van der Waals surface area contributed by atoms with E-state index in [1.165, 1.54) is 32.8 Å². The number of rotatable bonds is 63. The van der Waals surface area contributed by atoms with Crippen molar-refractivity contribution in [3.63, 3.8) is 0 Å². The molecule has 534 valence electrons. The number of hydrogen-bond acceptors (Lipinski definition) is 19. The Labute approximate surface area is 541 Å². The van der Waals surface area contributed by atoms with Gasteiger partial charge in [-0.25, -0.2) is 9.13 Å². The van der Waals surface area contributed by atoms with E-state index < -0.39 is 96.8 Å². The summed E-state index contributed by atoms with van der Waals surface area (Å²) in [6.07, 6.45) is 21.8. The molecular weight excluding hydrogens is 1210 g/mol. The Balaban J connectivity index is 2.45. The van der Waals surface area contributed by atoms with E-state index in [0.29, 0.717) is 52.5 Å². The van der Waals surface area contributed by atoms with Gasteiger partial charge in [0.1, 0.15) is 48.8 Å². The number of carbonyl (C=O) groups excluding carboxylic acids is 1. The summed E-state index contributed by atoms with van der Waals surface area (Å²) >= 11 is 0. The summed E-state index contributed by atoms with van der Waals surface area (Å²) in [4.78, 5) is 53.8. The summed E-state index contributed by atoms with van der Waals surface area (Å²) < 4.78 is 114. The molecule has 0 spiro atoms. The molecule has 0 radical (unpaired) electrons. The maximum atomic E-state index is 14.2. The van der Waals surface area contributed by atoms with E-state index in [2.05, 4.69) is 49.7 Å². The van der Waals surface area contributed by atoms with Crippen molar-refractivity contribution in [3.8, 4) is 0 Å². The van der Waals surface area contributed by atoms with Crippen LogP contribution in [0.3, 0.4) is 0 Å². The third-order valence-corrected chi connectivity index (χ3v) is 16.8. The number of aliphatic hydroxyl groups is 1. The molecule has 24 nitrogen and oxygen atoms in total. The van der Waals surface area contributed by atoms with Gasteiger partial charge in [-0.2, -0.15) is 0 Å². The zero-order chi connectivity index (χ0) is 65.8. The number of hydrogen-bond donors (Lipinski definition) is 6. The lowest BCUT2D eigenvalue weighted by Crippen LogP contribution is -2.67. The van der Waals surface area contributed by atoms with E-state index >= 15 is 0 Å². The third kappa shape index (κ3) is 43.1. The van der Waals surface area contributed by atoms with Crippen LogP contribution in [0.2, 0.25) is 0 Å². The topological polar surface area (TPSA) is 303 Å². The Morgan fingerprint density at radius 1 is 0.467 bits per heavy atom. The van der Waals surface area contributed by atoms with Crippen molar-refractivity contribution < 1.29 is 109 Å². The molecule has 26 heteroatoms. The summed E-state index contributed by atoms with van der Waals surface area (Å²) in [6.45, 7) is 9.90. The van der Waals surface area contributed by atoms with E-state index in [9.17, 15) is 38.6 Å². The molecule has 0 aromatic heterocycles. The molecule has 6 N–H and O–H groups in total. The van der Waals surface area contributed by atoms with Crippen LogP contribution in [0.15, 0.2) is 12.2 Å². The molecular formula is C64H125NO23P2. The fourth-order valence-corrected chi connectivity index (χ4v) is 11.6. The molecule has 2 aliphatic rings. The first-order valence-electron chi connectivity index (χ1n) is 34.4. The molecule has 0 aliphatic carbocycles. The zero-order valence-electron chi connectivity index (χ0n) is 56.1. The number of phosphoric ester groups is 2. The van der Waals surface area contributed by atoms with E-state index in [-0.39, 0.29) is 58.1 Å². The van der Waals surface area contributed by atoms with Crippen LogP contribution in [0.1, 0.15) is 214 Å². The second-order valence-electron chi connectivity index (χ2n) is 23.5. The monoisotopic (exact) mass is 1340 g/mol. The van der Waals surface area contributed by atoms with E-state index in [4.69, 9.17) is 66.1 Å². The minimum absolute atomic E-state index is 0.0118. The maximum Gasteiger partial charge on any atom is 0.470 e. The standard InChI is InChI=1S/C64H125NO23P2/c1-7-11-15-19-20-21-22-23-24-25-26-27-28-30-32-36-56(66)65-57-60(80-40-37-53(75-6)35-31-29-16-12-8-2)59(88-90(71,72)73)55(51-74-5)87-63(57)84-52-54-58(67)61(81-47-45-78-43-41-76-38-33-17-13-9-3)62(64(86-54)83-49-50-85-89(68,69)70)82-48-46-79-44-42-77-39-34-18-14-10-4/h21-22,53-55,57-64,67H,7-20,23-52H2,1-6H3,(H,65,66)(H2,68,69,70)(H2,71,72,73)/b22-21-/t53-,54-,55-,57-,58-,59-,60-,61+,62-,63-,64+/m1/s1. The Bertz CT molecular complexity index is 1790. The first-order chi connectivity index (χ1) is 43.6. The van der Waals surface area contributed by atoms with Crippen molar-refractivity contribution in [2.75, 3.05) is 113 Å². The van der Waals surface area contributed by atoms with E-state index in [0.717, 1.165) is 141 Å². The van der Waals surface area contributed by atoms with Gasteiger partial charge in [0.05, 0.1) is 85.4 Å². The summed E-state index contributed by atoms with van der Waals surface area (Å²) in [5.41, 5.74) is 0. The van der Waals surface area contributed by atoms with Gasteiger partial charge in [-0.05, 0) is 57.8 Å². The smallest absolute Gasteiger partial charge is 0.387 e. The Hall–Kier alpha value is -1.13. The molecule has 0 bridgehead atoms. The molecule has 2 saturated heterocycles. The van der Waals surface area contributed by atoms with Gasteiger partial charge in [-0.3, -0.25) is 13.8 Å². The van der Waals surface area contributed by atoms with Crippen LogP contribution in [0.25, 0.3) is 0 Å². The van der Waals surface area contributed by atoms with Gasteiger partial charge in [-0.1, -0.05) is 162 Å². The second kappa shape index (κ2) is 55.9. The highest BCUT2D eigenvalue weighted by Gasteiger charge is 2.53. The second-order valence-corrected chi connectivity index (χ2v) is 25.9. The van der Waals surface area contributed by atoms with Gasteiger partial charge < -0.3 is 91.6 Å². The minimum Gasteiger partial charge on any atom is -0.387 e. The number of carbonyl (C=O) groups is 1. The fraction of sp³-hybridized carbons (Fsp3) is 0.953. The third-order valence-electron chi connectivity index (χ3n) is 15.7. The zero-order valence-corrected chi connectivity index (χ0v) is 57.9. The van der Waals surface area contributed by atoms with E-state index in [1.54, 1.807) is 7.11 Å².